The molecule has 0 aromatic heterocycles. The molecule has 1 aliphatic rings. The van der Waals surface area contributed by atoms with Crippen LogP contribution in [0.15, 0.2) is 0 Å². The third kappa shape index (κ3) is 1.19. The summed E-state index contributed by atoms with van der Waals surface area (Å²) < 4.78 is 0. The molecular weight excluding hydrogens is 122 g/mol. The fourth-order valence-corrected chi connectivity index (χ4v) is 0.692. The molecule has 1 saturated heterocycles. The molecule has 1 rings (SSSR count). The van der Waals surface area contributed by atoms with Crippen LogP contribution in [0.3, 0.4) is 0 Å². The molecule has 0 aromatic carbocycles. The maximum Gasteiger partial charge on any atom is 0.323 e. The summed E-state index contributed by atoms with van der Waals surface area (Å²) in [5.41, 5.74) is 0. The van der Waals surface area contributed by atoms with Crippen LogP contribution in [-0.4, -0.2) is 35.0 Å². The topological polar surface area (TPSA) is 57.6 Å². The van der Waals surface area contributed by atoms with E-state index in [9.17, 15) is 9.59 Å². The van der Waals surface area contributed by atoms with Gasteiger partial charge in [-0.1, -0.05) is 0 Å². The smallest absolute Gasteiger partial charge is 0.323 e. The molecule has 4 heteroatoms. The van der Waals surface area contributed by atoms with E-state index in [4.69, 9.17) is 5.11 Å². The van der Waals surface area contributed by atoms with Crippen LogP contribution in [0.5, 0.6) is 0 Å². The number of aliphatic carboxylic acids is 1. The van der Waals surface area contributed by atoms with Gasteiger partial charge in [-0.3, -0.25) is 9.59 Å². The highest BCUT2D eigenvalue weighted by molar-refractivity contribution is 5.85. The van der Waals surface area contributed by atoms with Crippen molar-refractivity contribution < 1.29 is 14.7 Å². The number of rotatable bonds is 2. The number of carbonyl (C=O) groups is 2. The van der Waals surface area contributed by atoms with E-state index in [0.717, 1.165) is 0 Å². The highest BCUT2D eigenvalue weighted by atomic mass is 16.4. The van der Waals surface area contributed by atoms with Crippen molar-refractivity contribution in [1.82, 2.24) is 4.90 Å². The summed E-state index contributed by atoms with van der Waals surface area (Å²) in [5, 5.41) is 8.17. The molecule has 9 heavy (non-hydrogen) atoms. The first kappa shape index (κ1) is 6.07. The molecule has 50 valence electrons. The van der Waals surface area contributed by atoms with Crippen molar-refractivity contribution in [2.45, 2.75) is 6.42 Å². The van der Waals surface area contributed by atoms with Crippen LogP contribution in [0.2, 0.25) is 0 Å². The summed E-state index contributed by atoms with van der Waals surface area (Å²) in [4.78, 5) is 21.7. The average molecular weight is 129 g/mol. The predicted octanol–water partition coefficient (Wildman–Crippen LogP) is -0.697. The van der Waals surface area contributed by atoms with Gasteiger partial charge in [0.15, 0.2) is 0 Å². The van der Waals surface area contributed by atoms with Gasteiger partial charge >= 0.3 is 5.97 Å². The van der Waals surface area contributed by atoms with E-state index < -0.39 is 5.97 Å². The van der Waals surface area contributed by atoms with Gasteiger partial charge in [0, 0.05) is 13.0 Å². The second-order valence-electron chi connectivity index (χ2n) is 1.96. The Morgan fingerprint density at radius 3 is 2.56 bits per heavy atom. The number of carbonyl (C=O) groups excluding carboxylic acids is 1. The minimum atomic E-state index is -0.942. The summed E-state index contributed by atoms with van der Waals surface area (Å²) in [7, 11) is 0. The second kappa shape index (κ2) is 2.05. The minimum absolute atomic E-state index is 0.0580. The molecule has 0 atom stereocenters. The molecule has 1 N–H and O–H groups in total. The van der Waals surface area contributed by atoms with Crippen molar-refractivity contribution in [2.24, 2.45) is 0 Å². The van der Waals surface area contributed by atoms with E-state index in [1.54, 1.807) is 0 Å². The van der Waals surface area contributed by atoms with Crippen molar-refractivity contribution in [1.29, 1.82) is 0 Å². The van der Waals surface area contributed by atoms with E-state index in [1.165, 1.54) is 4.90 Å². The van der Waals surface area contributed by atoms with E-state index in [2.05, 4.69) is 0 Å². The monoisotopic (exact) mass is 129 g/mol. The lowest BCUT2D eigenvalue weighted by atomic mass is 10.2. The minimum Gasteiger partial charge on any atom is -0.480 e. The molecule has 1 amide bonds. The molecule has 1 aliphatic heterocycles. The Hall–Kier alpha value is -1.06. The summed E-state index contributed by atoms with van der Waals surface area (Å²) in [5.74, 6) is -1.000. The number of amides is 1. The van der Waals surface area contributed by atoms with Crippen LogP contribution in [0.25, 0.3) is 0 Å². The van der Waals surface area contributed by atoms with Gasteiger partial charge in [0.2, 0.25) is 5.91 Å². The maximum absolute atomic E-state index is 10.4. The van der Waals surface area contributed by atoms with Crippen molar-refractivity contribution in [3.63, 3.8) is 0 Å². The lowest BCUT2D eigenvalue weighted by molar-refractivity contribution is -0.149. The molecule has 0 aromatic rings. The Labute approximate surface area is 52.1 Å². The number of hydrogen-bond donors (Lipinski definition) is 1. The molecular formula is C5H7NO3. The molecule has 0 spiro atoms. The zero-order chi connectivity index (χ0) is 6.85. The first-order valence-electron chi connectivity index (χ1n) is 2.70. The van der Waals surface area contributed by atoms with Gasteiger partial charge in [-0.15, -0.1) is 0 Å². The third-order valence-electron chi connectivity index (χ3n) is 1.27. The van der Waals surface area contributed by atoms with Crippen molar-refractivity contribution >= 4 is 11.9 Å². The molecule has 0 saturated carbocycles. The molecule has 0 bridgehead atoms. The number of likely N-dealkylation sites (tertiary alicyclic amines) is 1. The van der Waals surface area contributed by atoms with E-state index >= 15 is 0 Å². The summed E-state index contributed by atoms with van der Waals surface area (Å²) in [6, 6.07) is 0. The fraction of sp³-hybridized carbons (Fsp3) is 0.600. The van der Waals surface area contributed by atoms with Gasteiger partial charge in [0.25, 0.3) is 0 Å². The van der Waals surface area contributed by atoms with Crippen LogP contribution >= 0.6 is 0 Å². The lowest BCUT2D eigenvalue weighted by Crippen LogP contribution is -2.45. The predicted molar refractivity (Wildman–Crippen MR) is 28.8 cm³/mol. The van der Waals surface area contributed by atoms with E-state index in [-0.39, 0.29) is 12.5 Å². The van der Waals surface area contributed by atoms with E-state index in [1.807, 2.05) is 0 Å². The van der Waals surface area contributed by atoms with Crippen molar-refractivity contribution in [3.05, 3.63) is 0 Å². The normalized spacial score (nSPS) is 17.3. The Bertz CT molecular complexity index is 154. The first-order valence-corrected chi connectivity index (χ1v) is 2.70. The Balaban J connectivity index is 2.29. The van der Waals surface area contributed by atoms with Gasteiger partial charge in [-0.25, -0.2) is 0 Å². The standard InChI is InChI=1S/C5H7NO3/c7-4-1-2-6(4)3-5(8)9/h1-3H2,(H,8,9). The Morgan fingerprint density at radius 1 is 1.78 bits per heavy atom. The Kier molecular flexibility index (Phi) is 1.38. The second-order valence-corrected chi connectivity index (χ2v) is 1.96. The van der Waals surface area contributed by atoms with Gasteiger partial charge in [0.05, 0.1) is 0 Å². The van der Waals surface area contributed by atoms with Crippen molar-refractivity contribution in [2.75, 3.05) is 13.1 Å². The van der Waals surface area contributed by atoms with Crippen LogP contribution in [0.1, 0.15) is 6.42 Å². The number of carboxylic acids is 1. The molecule has 0 unspecified atom stereocenters. The fourth-order valence-electron chi connectivity index (χ4n) is 0.692. The van der Waals surface area contributed by atoms with Crippen LogP contribution < -0.4 is 0 Å². The summed E-state index contributed by atoms with van der Waals surface area (Å²) in [6.45, 7) is 0.462. The number of β-lactam (4-membered cyclic amide) rings is 1. The summed E-state index contributed by atoms with van der Waals surface area (Å²) >= 11 is 0. The Morgan fingerprint density at radius 2 is 2.44 bits per heavy atom. The molecule has 0 aliphatic carbocycles. The number of hydrogen-bond acceptors (Lipinski definition) is 2. The van der Waals surface area contributed by atoms with Gasteiger partial charge in [0.1, 0.15) is 6.54 Å². The van der Waals surface area contributed by atoms with E-state index in [0.29, 0.717) is 13.0 Å². The first-order chi connectivity index (χ1) is 4.20. The largest absolute Gasteiger partial charge is 0.480 e. The van der Waals surface area contributed by atoms with Crippen LogP contribution in [0.4, 0.5) is 0 Å². The lowest BCUT2D eigenvalue weighted by Gasteiger charge is -2.28. The van der Waals surface area contributed by atoms with Gasteiger partial charge in [-0.2, -0.15) is 0 Å². The molecule has 4 nitrogen and oxygen atoms in total. The van der Waals surface area contributed by atoms with Crippen molar-refractivity contribution in [3.8, 4) is 0 Å². The van der Waals surface area contributed by atoms with Gasteiger partial charge < -0.3 is 10.0 Å². The highest BCUT2D eigenvalue weighted by Crippen LogP contribution is 2.06. The number of carboxylic acid groups (broad SMARTS) is 1. The quantitative estimate of drug-likeness (QED) is 0.502. The maximum atomic E-state index is 10.4. The third-order valence-corrected chi connectivity index (χ3v) is 1.27. The SMILES string of the molecule is O=C(O)CN1CCC1=O. The molecule has 1 fully saturated rings. The van der Waals surface area contributed by atoms with Crippen LogP contribution in [0, 0.1) is 0 Å². The zero-order valence-electron chi connectivity index (χ0n) is 4.83. The van der Waals surface area contributed by atoms with Gasteiger partial charge in [-0.05, 0) is 0 Å². The van der Waals surface area contributed by atoms with Crippen LogP contribution in [-0.2, 0) is 9.59 Å². The molecule has 1 heterocycles. The summed E-state index contributed by atoms with van der Waals surface area (Å²) in [6.07, 6.45) is 0.507. The highest BCUT2D eigenvalue weighted by Gasteiger charge is 2.24. The average Bonchev–Trinajstić information content (AvgIpc) is 1.79. The molecule has 0 radical (unpaired) electrons. The zero-order valence-corrected chi connectivity index (χ0v) is 4.83. The number of nitrogens with zero attached hydrogens (tertiary/aromatic N) is 1.